The van der Waals surface area contributed by atoms with E-state index in [1.54, 1.807) is 0 Å². The Kier molecular flexibility index (Phi) is 11.1. The first-order chi connectivity index (χ1) is 9.86. The van der Waals surface area contributed by atoms with Crippen molar-refractivity contribution in [3.8, 4) is 0 Å². The second-order valence-corrected chi connectivity index (χ2v) is 5.44. The molecule has 0 amide bonds. The fourth-order valence-corrected chi connectivity index (χ4v) is 1.71. The Morgan fingerprint density at radius 2 is 1.52 bits per heavy atom. The van der Waals surface area contributed by atoms with E-state index in [9.17, 15) is 0 Å². The van der Waals surface area contributed by atoms with Gasteiger partial charge in [0.15, 0.2) is 0 Å². The van der Waals surface area contributed by atoms with E-state index in [-0.39, 0.29) is 0 Å². The number of hydrogen-bond acceptors (Lipinski definition) is 6. The van der Waals surface area contributed by atoms with Crippen molar-refractivity contribution < 1.29 is 17.5 Å². The maximum Gasteiger partial charge on any atom is 0.0311 e. The van der Waals surface area contributed by atoms with E-state index < -0.39 is 10.4 Å². The number of benzene rings is 1. The van der Waals surface area contributed by atoms with Crippen LogP contribution in [-0.2, 0) is 16.9 Å². The molecule has 0 aliphatic carbocycles. The topological polar surface area (TPSA) is 95.5 Å². The van der Waals surface area contributed by atoms with Crippen LogP contribution in [0.4, 0.5) is 0 Å². The predicted molar refractivity (Wildman–Crippen MR) is 81.0 cm³/mol. The standard InChI is InChI=1S/C11H16N2.C3H8.H2O4S/c1-2-4-11(5-3-1)10-13-8-6-12-7-9-13;1-3-2;1-5(2,3)4/h1-5,12H,6-10H2;3H2,1-2H3;(H2,1,2,3,4)/p-2. The molecule has 0 spiro atoms. The van der Waals surface area contributed by atoms with Gasteiger partial charge in [0.25, 0.3) is 0 Å². The Hall–Kier alpha value is -0.990. The highest BCUT2D eigenvalue weighted by Crippen LogP contribution is 2.04. The van der Waals surface area contributed by atoms with Gasteiger partial charge in [0.1, 0.15) is 0 Å². The molecule has 0 radical (unpaired) electrons. The van der Waals surface area contributed by atoms with Crippen molar-refractivity contribution in [3.05, 3.63) is 35.9 Å². The van der Waals surface area contributed by atoms with E-state index >= 15 is 0 Å². The molecule has 21 heavy (non-hydrogen) atoms. The summed E-state index contributed by atoms with van der Waals surface area (Å²) in [6.45, 7) is 9.96. The van der Waals surface area contributed by atoms with Gasteiger partial charge in [-0.05, 0) is 5.56 Å². The molecule has 1 fully saturated rings. The zero-order valence-corrected chi connectivity index (χ0v) is 13.4. The molecule has 7 heteroatoms. The average Bonchev–Trinajstić information content (AvgIpc) is 2.40. The molecule has 1 saturated heterocycles. The van der Waals surface area contributed by atoms with Crippen molar-refractivity contribution in [1.82, 2.24) is 10.2 Å². The van der Waals surface area contributed by atoms with Crippen LogP contribution in [0.2, 0.25) is 0 Å². The smallest absolute Gasteiger partial charge is 0.0311 e. The van der Waals surface area contributed by atoms with E-state index in [4.69, 9.17) is 17.5 Å². The van der Waals surface area contributed by atoms with Crippen LogP contribution in [0.1, 0.15) is 25.8 Å². The number of nitrogens with zero attached hydrogens (tertiary/aromatic N) is 1. The fraction of sp³-hybridized carbons (Fsp3) is 0.571. The predicted octanol–water partition coefficient (Wildman–Crippen LogP) is 1.17. The molecule has 0 saturated carbocycles. The van der Waals surface area contributed by atoms with Crippen LogP contribution in [0.15, 0.2) is 30.3 Å². The SMILES string of the molecule is CCC.O=S(=O)([O-])[O-].c1ccc(CN2CCNCC2)cc1. The summed E-state index contributed by atoms with van der Waals surface area (Å²) in [5, 5.41) is 3.36. The van der Waals surface area contributed by atoms with E-state index in [0.717, 1.165) is 19.6 Å². The van der Waals surface area contributed by atoms with Gasteiger partial charge in [-0.3, -0.25) is 13.3 Å². The van der Waals surface area contributed by atoms with Crippen molar-refractivity contribution in [2.75, 3.05) is 26.2 Å². The molecule has 0 unspecified atom stereocenters. The van der Waals surface area contributed by atoms with E-state index in [1.165, 1.54) is 25.1 Å². The lowest BCUT2D eigenvalue weighted by molar-refractivity contribution is 0.233. The lowest BCUT2D eigenvalue weighted by atomic mass is 10.2. The van der Waals surface area contributed by atoms with E-state index in [0.29, 0.717) is 0 Å². The molecule has 1 aromatic rings. The number of hydrogen-bond donors (Lipinski definition) is 1. The highest BCUT2D eigenvalue weighted by Gasteiger charge is 2.08. The van der Waals surface area contributed by atoms with Crippen molar-refractivity contribution in [3.63, 3.8) is 0 Å². The second kappa shape index (κ2) is 11.6. The lowest BCUT2D eigenvalue weighted by Gasteiger charge is -2.27. The summed E-state index contributed by atoms with van der Waals surface area (Å²) in [6.07, 6.45) is 1.25. The molecule has 1 heterocycles. The maximum absolute atomic E-state index is 8.52. The Morgan fingerprint density at radius 1 is 1.10 bits per heavy atom. The van der Waals surface area contributed by atoms with E-state index in [2.05, 4.69) is 54.4 Å². The molecule has 1 N–H and O–H groups in total. The van der Waals surface area contributed by atoms with Crippen LogP contribution in [0.5, 0.6) is 0 Å². The van der Waals surface area contributed by atoms with Crippen LogP contribution in [-0.4, -0.2) is 48.6 Å². The van der Waals surface area contributed by atoms with Gasteiger partial charge in [-0.2, -0.15) is 0 Å². The summed E-state index contributed by atoms with van der Waals surface area (Å²) in [5.41, 5.74) is 1.42. The minimum atomic E-state index is -5.17. The average molecular weight is 316 g/mol. The number of rotatable bonds is 2. The maximum atomic E-state index is 8.52. The molecule has 0 bridgehead atoms. The van der Waals surface area contributed by atoms with Gasteiger partial charge in [-0.1, -0.05) is 50.6 Å². The van der Waals surface area contributed by atoms with Crippen LogP contribution in [0.25, 0.3) is 0 Å². The largest absolute Gasteiger partial charge is 0.759 e. The summed E-state index contributed by atoms with van der Waals surface area (Å²) in [7, 11) is -5.17. The van der Waals surface area contributed by atoms with Gasteiger partial charge >= 0.3 is 0 Å². The third kappa shape index (κ3) is 15.2. The van der Waals surface area contributed by atoms with Gasteiger partial charge in [0.05, 0.1) is 0 Å². The van der Waals surface area contributed by atoms with Gasteiger partial charge in [0.2, 0.25) is 0 Å². The molecule has 1 aliphatic rings. The lowest BCUT2D eigenvalue weighted by Crippen LogP contribution is -2.42. The molecule has 2 rings (SSSR count). The first-order valence-electron chi connectivity index (χ1n) is 7.00. The minimum absolute atomic E-state index is 1.10. The van der Waals surface area contributed by atoms with Gasteiger partial charge in [-0.15, -0.1) is 0 Å². The van der Waals surface area contributed by atoms with Crippen molar-refractivity contribution in [1.29, 1.82) is 0 Å². The van der Waals surface area contributed by atoms with Gasteiger partial charge in [0, 0.05) is 43.1 Å². The normalized spacial score (nSPS) is 15.2. The van der Waals surface area contributed by atoms with Crippen molar-refractivity contribution >= 4 is 10.4 Å². The van der Waals surface area contributed by atoms with Crippen molar-refractivity contribution in [2.45, 2.75) is 26.8 Å². The zero-order valence-electron chi connectivity index (χ0n) is 12.6. The Morgan fingerprint density at radius 3 is 1.95 bits per heavy atom. The molecular formula is C14H24N2O4S-2. The summed E-state index contributed by atoms with van der Waals surface area (Å²) < 4.78 is 34.1. The van der Waals surface area contributed by atoms with Crippen LogP contribution < -0.4 is 5.32 Å². The quantitative estimate of drug-likeness (QED) is 0.650. The number of piperazine rings is 1. The monoisotopic (exact) mass is 316 g/mol. The van der Waals surface area contributed by atoms with Crippen molar-refractivity contribution in [2.24, 2.45) is 0 Å². The summed E-state index contributed by atoms with van der Waals surface area (Å²) >= 11 is 0. The number of nitrogens with one attached hydrogen (secondary N) is 1. The highest BCUT2D eigenvalue weighted by molar-refractivity contribution is 7.79. The third-order valence-corrected chi connectivity index (χ3v) is 2.46. The highest BCUT2D eigenvalue weighted by atomic mass is 32.3. The molecule has 1 aliphatic heterocycles. The summed E-state index contributed by atoms with van der Waals surface area (Å²) in [6, 6.07) is 10.7. The summed E-state index contributed by atoms with van der Waals surface area (Å²) in [4.78, 5) is 2.49. The second-order valence-electron chi connectivity index (χ2n) is 4.63. The van der Waals surface area contributed by atoms with Crippen LogP contribution in [0.3, 0.4) is 0 Å². The molecule has 6 nitrogen and oxygen atoms in total. The fourth-order valence-electron chi connectivity index (χ4n) is 1.71. The first-order valence-corrected chi connectivity index (χ1v) is 8.33. The van der Waals surface area contributed by atoms with Crippen LogP contribution in [0, 0.1) is 0 Å². The molecule has 122 valence electrons. The van der Waals surface area contributed by atoms with E-state index in [1.807, 2.05) is 0 Å². The molecule has 0 aromatic heterocycles. The van der Waals surface area contributed by atoms with Gasteiger partial charge < -0.3 is 14.4 Å². The minimum Gasteiger partial charge on any atom is -0.759 e. The molecule has 0 atom stereocenters. The molecule has 1 aromatic carbocycles. The molecular weight excluding hydrogens is 292 g/mol. The van der Waals surface area contributed by atoms with Crippen LogP contribution >= 0.6 is 0 Å². The third-order valence-electron chi connectivity index (χ3n) is 2.46. The van der Waals surface area contributed by atoms with Gasteiger partial charge in [-0.25, -0.2) is 0 Å². The first kappa shape index (κ1) is 20.0. The summed E-state index contributed by atoms with van der Waals surface area (Å²) in [5.74, 6) is 0. The Bertz CT molecular complexity index is 437. The Balaban J connectivity index is 0.000000422. The Labute approximate surface area is 127 Å². The zero-order chi connectivity index (χ0) is 16.1.